The van der Waals surface area contributed by atoms with Gasteiger partial charge in [-0.25, -0.2) is 13.4 Å². The van der Waals surface area contributed by atoms with Gasteiger partial charge in [0.25, 0.3) is 11.8 Å². The highest BCUT2D eigenvalue weighted by Crippen LogP contribution is 2.34. The van der Waals surface area contributed by atoms with E-state index in [9.17, 15) is 23.1 Å². The summed E-state index contributed by atoms with van der Waals surface area (Å²) in [7, 11) is -3.90. The Morgan fingerprint density at radius 1 is 1.21 bits per heavy atom. The number of phenolic OH excluding ortho intramolecular Hbond substituents is 1. The van der Waals surface area contributed by atoms with Crippen molar-refractivity contribution in [2.24, 2.45) is 10.9 Å². The van der Waals surface area contributed by atoms with Crippen LogP contribution in [0.4, 0.5) is 11.4 Å². The largest absolute Gasteiger partial charge is 0.506 e. The Labute approximate surface area is 193 Å². The van der Waals surface area contributed by atoms with Crippen molar-refractivity contribution in [1.82, 2.24) is 4.98 Å². The third-order valence-corrected chi connectivity index (χ3v) is 6.18. The van der Waals surface area contributed by atoms with Crippen molar-refractivity contribution < 1.29 is 27.5 Å². The Hall–Kier alpha value is -3.90. The number of hydrogen-bond acceptors (Lipinski definition) is 9. The molecule has 0 saturated heterocycles. The van der Waals surface area contributed by atoms with E-state index in [1.165, 1.54) is 24.6 Å². The number of rotatable bonds is 7. The van der Waals surface area contributed by atoms with E-state index < -0.39 is 33.2 Å². The van der Waals surface area contributed by atoms with Crippen molar-refractivity contribution >= 4 is 50.3 Å². The van der Waals surface area contributed by atoms with Crippen LogP contribution in [-0.4, -0.2) is 41.8 Å². The summed E-state index contributed by atoms with van der Waals surface area (Å²) >= 11 is 6.14. The molecule has 2 aromatic carbocycles. The van der Waals surface area contributed by atoms with Gasteiger partial charge in [-0.15, -0.1) is 0 Å². The van der Waals surface area contributed by atoms with E-state index in [1.807, 2.05) is 0 Å². The molecule has 0 fully saturated rings. The van der Waals surface area contributed by atoms with Crippen LogP contribution >= 0.6 is 11.6 Å². The first-order valence-corrected chi connectivity index (χ1v) is 11.2. The zero-order valence-electron chi connectivity index (χ0n) is 17.1. The molecule has 11 nitrogen and oxygen atoms in total. The van der Waals surface area contributed by atoms with Crippen LogP contribution in [-0.2, 0) is 19.4 Å². The summed E-state index contributed by atoms with van der Waals surface area (Å²) in [6, 6.07) is 8.36. The van der Waals surface area contributed by atoms with Crippen molar-refractivity contribution in [1.29, 1.82) is 0 Å². The third kappa shape index (κ3) is 5.67. The molecule has 1 heterocycles. The van der Waals surface area contributed by atoms with E-state index in [-0.39, 0.29) is 32.9 Å². The average Bonchev–Trinajstić information content (AvgIpc) is 3.26. The second-order valence-electron chi connectivity index (χ2n) is 6.74. The number of nitrogens with two attached hydrogens (primary N) is 1. The molecule has 13 heteroatoms. The number of benzene rings is 2. The van der Waals surface area contributed by atoms with Crippen LogP contribution in [0, 0.1) is 6.92 Å². The van der Waals surface area contributed by atoms with Crippen LogP contribution in [0.15, 0.2) is 63.3 Å². The van der Waals surface area contributed by atoms with Gasteiger partial charge in [0.1, 0.15) is 17.8 Å². The number of phenols is 1. The molecule has 0 spiro atoms. The molecule has 3 aromatic rings. The highest BCUT2D eigenvalue weighted by atomic mass is 35.5. The molecule has 0 unspecified atom stereocenters. The fourth-order valence-electron chi connectivity index (χ4n) is 2.74. The zero-order valence-corrected chi connectivity index (χ0v) is 18.6. The van der Waals surface area contributed by atoms with E-state index in [2.05, 4.69) is 20.7 Å². The maximum Gasteiger partial charge on any atom is 0.281 e. The molecule has 0 bridgehead atoms. The highest BCUT2D eigenvalue weighted by molar-refractivity contribution is 7.92. The Morgan fingerprint density at radius 2 is 1.97 bits per heavy atom. The number of aromatic hydroxyl groups is 1. The predicted octanol–water partition coefficient (Wildman–Crippen LogP) is 2.06. The first-order valence-electron chi connectivity index (χ1n) is 9.21. The van der Waals surface area contributed by atoms with Gasteiger partial charge in [-0.2, -0.15) is 5.10 Å². The van der Waals surface area contributed by atoms with Gasteiger partial charge in [-0.1, -0.05) is 23.7 Å². The SMILES string of the molecule is Cc1cccc(S(=O)(=O)CC(=O)Nc2cc(O)c(NC(=O)/C(=N\N)c3ncco3)cc2Cl)c1. The van der Waals surface area contributed by atoms with Crippen LogP contribution < -0.4 is 16.5 Å². The molecule has 5 N–H and O–H groups in total. The van der Waals surface area contributed by atoms with Gasteiger partial charge in [0, 0.05) is 6.07 Å². The Kier molecular flexibility index (Phi) is 6.99. The molecule has 0 aliphatic carbocycles. The predicted molar refractivity (Wildman–Crippen MR) is 121 cm³/mol. The minimum absolute atomic E-state index is 0.00748. The van der Waals surface area contributed by atoms with Crippen molar-refractivity contribution in [3.05, 3.63) is 65.3 Å². The smallest absolute Gasteiger partial charge is 0.281 e. The van der Waals surface area contributed by atoms with Crippen molar-refractivity contribution in [3.63, 3.8) is 0 Å². The summed E-state index contributed by atoms with van der Waals surface area (Å²) in [6.45, 7) is 1.73. The normalized spacial score (nSPS) is 11.8. The monoisotopic (exact) mass is 491 g/mol. The molecule has 0 saturated carbocycles. The zero-order chi connectivity index (χ0) is 24.2. The van der Waals surface area contributed by atoms with Gasteiger partial charge < -0.3 is 26.0 Å². The summed E-state index contributed by atoms with van der Waals surface area (Å²) in [4.78, 5) is 28.5. The standard InChI is InChI=1S/C20H18ClN5O6S/c1-11-3-2-4-12(7-11)33(30,31)10-17(28)24-14-9-16(27)15(8-13(14)21)25-19(29)18(26-22)20-23-5-6-32-20/h2-9,27H,10,22H2,1H3,(H,24,28)(H,25,29)/b26-18+. The first kappa shape index (κ1) is 23.8. The van der Waals surface area contributed by atoms with Crippen LogP contribution in [0.25, 0.3) is 0 Å². The number of aryl methyl sites for hydroxylation is 1. The second kappa shape index (κ2) is 9.71. The van der Waals surface area contributed by atoms with Gasteiger partial charge >= 0.3 is 0 Å². The summed E-state index contributed by atoms with van der Waals surface area (Å²) in [5.74, 6) is 2.06. The number of amides is 2. The molecular formula is C20H18ClN5O6S. The van der Waals surface area contributed by atoms with E-state index in [1.54, 1.807) is 19.1 Å². The number of anilines is 2. The highest BCUT2D eigenvalue weighted by Gasteiger charge is 2.23. The molecule has 33 heavy (non-hydrogen) atoms. The summed E-state index contributed by atoms with van der Waals surface area (Å²) in [5, 5.41) is 18.2. The van der Waals surface area contributed by atoms with Gasteiger partial charge in [0.05, 0.1) is 27.5 Å². The number of aromatic nitrogens is 1. The Bertz CT molecular complexity index is 1340. The fourth-order valence-corrected chi connectivity index (χ4v) is 4.19. The quantitative estimate of drug-likeness (QED) is 0.168. The lowest BCUT2D eigenvalue weighted by Crippen LogP contribution is -2.25. The molecule has 3 rings (SSSR count). The van der Waals surface area contributed by atoms with E-state index in [4.69, 9.17) is 21.9 Å². The number of halogens is 1. The van der Waals surface area contributed by atoms with Gasteiger partial charge in [-0.05, 0) is 30.7 Å². The summed E-state index contributed by atoms with van der Waals surface area (Å²) < 4.78 is 29.9. The third-order valence-electron chi connectivity index (χ3n) is 4.26. The molecule has 0 aliphatic rings. The maximum absolute atomic E-state index is 12.5. The fraction of sp³-hybridized carbons (Fsp3) is 0.100. The number of carbonyl (C=O) groups excluding carboxylic acids is 2. The minimum Gasteiger partial charge on any atom is -0.506 e. The lowest BCUT2D eigenvalue weighted by atomic mass is 10.2. The molecule has 0 atom stereocenters. The Morgan fingerprint density at radius 3 is 2.61 bits per heavy atom. The van der Waals surface area contributed by atoms with Gasteiger partial charge in [0.2, 0.25) is 11.6 Å². The van der Waals surface area contributed by atoms with Crippen LogP contribution in [0.2, 0.25) is 5.02 Å². The average molecular weight is 492 g/mol. The van der Waals surface area contributed by atoms with Crippen LogP contribution in [0.1, 0.15) is 11.5 Å². The second-order valence-corrected chi connectivity index (χ2v) is 9.14. The topological polar surface area (TPSA) is 177 Å². The van der Waals surface area contributed by atoms with Gasteiger partial charge in [0.15, 0.2) is 9.84 Å². The maximum atomic E-state index is 12.5. The van der Waals surface area contributed by atoms with Crippen molar-refractivity contribution in [3.8, 4) is 5.75 Å². The lowest BCUT2D eigenvalue weighted by Gasteiger charge is -2.12. The molecule has 2 amide bonds. The number of nitrogens with zero attached hydrogens (tertiary/aromatic N) is 2. The Balaban J connectivity index is 1.73. The minimum atomic E-state index is -3.90. The number of sulfone groups is 1. The van der Waals surface area contributed by atoms with Crippen molar-refractivity contribution in [2.45, 2.75) is 11.8 Å². The summed E-state index contributed by atoms with van der Waals surface area (Å²) in [6.07, 6.45) is 2.51. The first-order chi connectivity index (χ1) is 15.6. The molecule has 0 aliphatic heterocycles. The van der Waals surface area contributed by atoms with Gasteiger partial charge in [-0.3, -0.25) is 9.59 Å². The molecule has 172 valence electrons. The van der Waals surface area contributed by atoms with E-state index in [0.717, 1.165) is 17.7 Å². The number of hydrazone groups is 1. The van der Waals surface area contributed by atoms with E-state index >= 15 is 0 Å². The number of nitrogens with one attached hydrogen (secondary N) is 2. The summed E-state index contributed by atoms with van der Waals surface area (Å²) in [5.41, 5.74) is 0.210. The molecule has 0 radical (unpaired) electrons. The molecular weight excluding hydrogens is 474 g/mol. The number of carbonyl (C=O) groups is 2. The van der Waals surface area contributed by atoms with Crippen LogP contribution in [0.3, 0.4) is 0 Å². The van der Waals surface area contributed by atoms with Crippen LogP contribution in [0.5, 0.6) is 5.75 Å². The molecule has 1 aromatic heterocycles. The lowest BCUT2D eigenvalue weighted by molar-refractivity contribution is -0.114. The number of hydrogen-bond donors (Lipinski definition) is 4. The number of oxazole rings is 1. The van der Waals surface area contributed by atoms with E-state index in [0.29, 0.717) is 0 Å². The van der Waals surface area contributed by atoms with Crippen molar-refractivity contribution in [2.75, 3.05) is 16.4 Å².